The van der Waals surface area contributed by atoms with E-state index in [1.807, 2.05) is 12.1 Å². The van der Waals surface area contributed by atoms with E-state index in [0.717, 1.165) is 11.1 Å². The SMILES string of the molecule is C.CC(=O)CCC(=O)c1ncc(-c2cccc(Cl)c2)cc1O.CC(=O)CCC(=O)c1ncc(-c2cccc(Cl)c2)cc1O. The van der Waals surface area contributed by atoms with Crippen LogP contribution >= 0.6 is 23.2 Å². The number of aromatic hydroxyl groups is 2. The molecule has 0 aliphatic rings. The summed E-state index contributed by atoms with van der Waals surface area (Å²) in [5, 5.41) is 21.1. The van der Waals surface area contributed by atoms with Crippen molar-refractivity contribution in [3.63, 3.8) is 0 Å². The quantitative estimate of drug-likeness (QED) is 0.170. The van der Waals surface area contributed by atoms with Gasteiger partial charge in [-0.05, 0) is 61.4 Å². The van der Waals surface area contributed by atoms with E-state index in [2.05, 4.69) is 9.97 Å². The molecule has 4 rings (SSSR count). The van der Waals surface area contributed by atoms with Gasteiger partial charge in [0.25, 0.3) is 0 Å². The Hall–Kier alpha value is -4.40. The van der Waals surface area contributed by atoms with Gasteiger partial charge in [-0.3, -0.25) is 9.59 Å². The minimum atomic E-state index is -0.347. The highest BCUT2D eigenvalue weighted by atomic mass is 35.5. The van der Waals surface area contributed by atoms with Crippen LogP contribution in [0.5, 0.6) is 11.5 Å². The van der Waals surface area contributed by atoms with Gasteiger partial charge in [0.15, 0.2) is 11.6 Å². The Labute approximate surface area is 260 Å². The number of ketones is 4. The molecule has 10 heteroatoms. The summed E-state index contributed by atoms with van der Waals surface area (Å²) in [6, 6.07) is 17.2. The fourth-order valence-electron chi connectivity index (χ4n) is 3.80. The lowest BCUT2D eigenvalue weighted by Crippen LogP contribution is -2.05. The smallest absolute Gasteiger partial charge is 0.185 e. The molecule has 0 amide bonds. The first-order chi connectivity index (χ1) is 19.9. The molecule has 0 fully saturated rings. The predicted octanol–water partition coefficient (Wildman–Crippen LogP) is 7.96. The number of hydrogen-bond acceptors (Lipinski definition) is 8. The van der Waals surface area contributed by atoms with E-state index in [0.29, 0.717) is 21.2 Å². The molecule has 0 saturated carbocycles. The van der Waals surface area contributed by atoms with Crippen molar-refractivity contribution in [3.8, 4) is 33.8 Å². The monoisotopic (exact) mass is 622 g/mol. The third-order valence-corrected chi connectivity index (χ3v) is 6.46. The van der Waals surface area contributed by atoms with Crippen LogP contribution in [0.25, 0.3) is 22.3 Å². The minimum Gasteiger partial charge on any atom is -0.506 e. The second-order valence-corrected chi connectivity index (χ2v) is 10.3. The molecule has 0 unspecified atom stereocenters. The van der Waals surface area contributed by atoms with E-state index in [9.17, 15) is 29.4 Å². The highest BCUT2D eigenvalue weighted by Gasteiger charge is 2.16. The average Bonchev–Trinajstić information content (AvgIpc) is 2.95. The number of aromatic nitrogens is 2. The van der Waals surface area contributed by atoms with E-state index in [1.165, 1.54) is 38.4 Å². The molecule has 8 nitrogen and oxygen atoms in total. The van der Waals surface area contributed by atoms with Gasteiger partial charge >= 0.3 is 0 Å². The number of halogens is 2. The Kier molecular flexibility index (Phi) is 13.2. The molecule has 0 spiro atoms. The van der Waals surface area contributed by atoms with Crippen LogP contribution < -0.4 is 0 Å². The van der Waals surface area contributed by atoms with Crippen LogP contribution in [0.4, 0.5) is 0 Å². The largest absolute Gasteiger partial charge is 0.506 e. The third kappa shape index (κ3) is 10.4. The second-order valence-electron chi connectivity index (χ2n) is 9.45. The number of nitrogens with zero attached hydrogens (tertiary/aromatic N) is 2. The van der Waals surface area contributed by atoms with E-state index < -0.39 is 0 Å². The topological polar surface area (TPSA) is 135 Å². The van der Waals surface area contributed by atoms with Crippen molar-refractivity contribution >= 4 is 46.3 Å². The summed E-state index contributed by atoms with van der Waals surface area (Å²) in [7, 11) is 0. The number of rotatable bonds is 10. The summed E-state index contributed by atoms with van der Waals surface area (Å²) in [6.45, 7) is 2.84. The normalized spacial score (nSPS) is 10.1. The van der Waals surface area contributed by atoms with Crippen LogP contribution in [0.2, 0.25) is 10.0 Å². The first kappa shape index (κ1) is 34.8. The summed E-state index contributed by atoms with van der Waals surface area (Å²) >= 11 is 11.8. The molecule has 2 aromatic carbocycles. The molecule has 2 heterocycles. The lowest BCUT2D eigenvalue weighted by atomic mass is 10.0. The molecule has 0 aliphatic carbocycles. The number of pyridine rings is 2. The summed E-state index contributed by atoms with van der Waals surface area (Å²) in [6.07, 6.45) is 3.41. The molecule has 0 aliphatic heterocycles. The highest BCUT2D eigenvalue weighted by Crippen LogP contribution is 2.28. The van der Waals surface area contributed by atoms with E-state index in [-0.39, 0.29) is 79.1 Å². The van der Waals surface area contributed by atoms with Crippen molar-refractivity contribution in [2.24, 2.45) is 0 Å². The van der Waals surface area contributed by atoms with Gasteiger partial charge in [-0.15, -0.1) is 0 Å². The maximum atomic E-state index is 11.9. The van der Waals surface area contributed by atoms with Crippen molar-refractivity contribution in [1.82, 2.24) is 9.97 Å². The molecular weight excluding hydrogens is 591 g/mol. The van der Waals surface area contributed by atoms with Crippen LogP contribution in [0.1, 0.15) is 67.9 Å². The Balaban J connectivity index is 0.000000293. The zero-order valence-electron chi connectivity index (χ0n) is 22.9. The van der Waals surface area contributed by atoms with Gasteiger partial charge in [-0.2, -0.15) is 0 Å². The molecule has 224 valence electrons. The van der Waals surface area contributed by atoms with Gasteiger partial charge < -0.3 is 19.8 Å². The minimum absolute atomic E-state index is 0. The van der Waals surface area contributed by atoms with Gasteiger partial charge in [0, 0.05) is 59.2 Å². The van der Waals surface area contributed by atoms with Gasteiger partial charge in [-0.1, -0.05) is 54.9 Å². The predicted molar refractivity (Wildman–Crippen MR) is 168 cm³/mol. The Bertz CT molecular complexity index is 1520. The summed E-state index contributed by atoms with van der Waals surface area (Å²) in [5.74, 6) is -1.22. The van der Waals surface area contributed by atoms with Crippen molar-refractivity contribution in [3.05, 3.63) is 94.5 Å². The molecule has 2 aromatic heterocycles. The van der Waals surface area contributed by atoms with Gasteiger partial charge in [-0.25, -0.2) is 9.97 Å². The molecule has 2 N–H and O–H groups in total. The maximum Gasteiger partial charge on any atom is 0.185 e. The third-order valence-electron chi connectivity index (χ3n) is 5.99. The average molecular weight is 624 g/mol. The van der Waals surface area contributed by atoms with Crippen molar-refractivity contribution in [2.45, 2.75) is 47.0 Å². The van der Waals surface area contributed by atoms with Gasteiger partial charge in [0.05, 0.1) is 0 Å². The van der Waals surface area contributed by atoms with E-state index >= 15 is 0 Å². The highest BCUT2D eigenvalue weighted by molar-refractivity contribution is 6.31. The first-order valence-electron chi connectivity index (χ1n) is 12.9. The van der Waals surface area contributed by atoms with Crippen LogP contribution in [0, 0.1) is 0 Å². The standard InChI is InChI=1S/2C16H14ClNO3.CH4/c2*1-10(19)5-6-14(20)16-15(21)8-12(9-18-16)11-3-2-4-13(17)7-11;/h2*2-4,7-9,21H,5-6H2,1H3;1H4. The van der Waals surface area contributed by atoms with Crippen LogP contribution in [-0.4, -0.2) is 43.3 Å². The number of hydrogen-bond donors (Lipinski definition) is 2. The van der Waals surface area contributed by atoms with E-state index in [1.54, 1.807) is 36.4 Å². The van der Waals surface area contributed by atoms with Crippen LogP contribution in [-0.2, 0) is 9.59 Å². The molecule has 4 aromatic rings. The lowest BCUT2D eigenvalue weighted by Gasteiger charge is -2.06. The van der Waals surface area contributed by atoms with Crippen molar-refractivity contribution < 1.29 is 29.4 Å². The van der Waals surface area contributed by atoms with Crippen LogP contribution in [0.3, 0.4) is 0 Å². The summed E-state index contributed by atoms with van der Waals surface area (Å²) in [5.41, 5.74) is 2.90. The molecule has 0 radical (unpaired) electrons. The molecule has 43 heavy (non-hydrogen) atoms. The molecule has 0 bridgehead atoms. The number of carbonyl (C=O) groups is 4. The zero-order chi connectivity index (χ0) is 30.8. The Morgan fingerprint density at radius 3 is 1.28 bits per heavy atom. The summed E-state index contributed by atoms with van der Waals surface area (Å²) in [4.78, 5) is 53.5. The van der Waals surface area contributed by atoms with Gasteiger partial charge in [0.2, 0.25) is 0 Å². The maximum absolute atomic E-state index is 11.9. The fraction of sp³-hybridized carbons (Fsp3) is 0.212. The molecular formula is C33H32Cl2N2O6. The van der Waals surface area contributed by atoms with Crippen molar-refractivity contribution in [2.75, 3.05) is 0 Å². The Morgan fingerprint density at radius 1 is 0.605 bits per heavy atom. The van der Waals surface area contributed by atoms with Gasteiger partial charge in [0.1, 0.15) is 34.5 Å². The zero-order valence-corrected chi connectivity index (χ0v) is 24.4. The second kappa shape index (κ2) is 16.3. The number of benzene rings is 2. The van der Waals surface area contributed by atoms with Crippen LogP contribution in [0.15, 0.2) is 73.1 Å². The molecule has 0 atom stereocenters. The van der Waals surface area contributed by atoms with E-state index in [4.69, 9.17) is 23.2 Å². The molecule has 0 saturated heterocycles. The van der Waals surface area contributed by atoms with Crippen molar-refractivity contribution in [1.29, 1.82) is 0 Å². The fourth-order valence-corrected chi connectivity index (χ4v) is 4.18. The lowest BCUT2D eigenvalue weighted by molar-refractivity contribution is -0.117. The number of Topliss-reactive ketones (excluding diaryl/α,β-unsaturated/α-hetero) is 4. The summed E-state index contributed by atoms with van der Waals surface area (Å²) < 4.78 is 0. The Morgan fingerprint density at radius 2 is 0.977 bits per heavy atom. The first-order valence-corrected chi connectivity index (χ1v) is 13.7. The number of carbonyl (C=O) groups excluding carboxylic acids is 4.